The topological polar surface area (TPSA) is 39.2 Å². The van der Waals surface area contributed by atoms with Crippen molar-refractivity contribution >= 4 is 23.2 Å². The van der Waals surface area contributed by atoms with E-state index in [1.165, 1.54) is 0 Å². The zero-order valence-corrected chi connectivity index (χ0v) is 10.2. The van der Waals surface area contributed by atoms with E-state index in [9.17, 15) is 0 Å². The Hall–Kier alpha value is -0.960. The van der Waals surface area contributed by atoms with Crippen LogP contribution in [0.25, 0.3) is 11.3 Å². The summed E-state index contributed by atoms with van der Waals surface area (Å²) in [5.74, 6) is 1.41. The van der Waals surface area contributed by atoms with Crippen molar-refractivity contribution in [2.45, 2.75) is 13.0 Å². The number of hydrogen-bond acceptors (Lipinski definition) is 2. The third kappa shape index (κ3) is 2.09. The molecule has 1 heterocycles. The lowest BCUT2D eigenvalue weighted by molar-refractivity contribution is 0.491. The first-order valence-corrected chi connectivity index (χ1v) is 5.65. The summed E-state index contributed by atoms with van der Waals surface area (Å²) >= 11 is 12.0. The van der Waals surface area contributed by atoms with Gasteiger partial charge < -0.3 is 10.2 Å². The highest BCUT2D eigenvalue weighted by Gasteiger charge is 2.12. The molecule has 0 aliphatic heterocycles. The van der Waals surface area contributed by atoms with E-state index in [1.807, 2.05) is 31.2 Å². The molecular formula is C12H11Cl2NO. The van der Waals surface area contributed by atoms with Crippen LogP contribution in [0.1, 0.15) is 18.7 Å². The van der Waals surface area contributed by atoms with Crippen molar-refractivity contribution in [2.75, 3.05) is 0 Å². The molecule has 1 aromatic heterocycles. The van der Waals surface area contributed by atoms with Gasteiger partial charge in [0, 0.05) is 5.56 Å². The minimum atomic E-state index is -0.133. The first-order chi connectivity index (χ1) is 7.59. The summed E-state index contributed by atoms with van der Waals surface area (Å²) in [7, 11) is 0. The summed E-state index contributed by atoms with van der Waals surface area (Å²) in [5.41, 5.74) is 6.50. The molecule has 0 aliphatic carbocycles. The molecule has 2 N–H and O–H groups in total. The van der Waals surface area contributed by atoms with E-state index in [2.05, 4.69) is 0 Å². The van der Waals surface area contributed by atoms with Gasteiger partial charge in [0.2, 0.25) is 0 Å². The van der Waals surface area contributed by atoms with Gasteiger partial charge in [-0.3, -0.25) is 0 Å². The SMILES string of the molecule is CC(N)c1ccc(-c2cccc(Cl)c2Cl)o1. The lowest BCUT2D eigenvalue weighted by Crippen LogP contribution is -2.02. The first kappa shape index (κ1) is 11.5. The van der Waals surface area contributed by atoms with Crippen LogP contribution in [0.15, 0.2) is 34.7 Å². The highest BCUT2D eigenvalue weighted by molar-refractivity contribution is 6.43. The Balaban J connectivity index is 2.47. The predicted molar refractivity (Wildman–Crippen MR) is 66.8 cm³/mol. The molecule has 0 aliphatic rings. The molecule has 0 amide bonds. The van der Waals surface area contributed by atoms with Gasteiger partial charge in [0.25, 0.3) is 0 Å². The van der Waals surface area contributed by atoms with Crippen molar-refractivity contribution in [3.63, 3.8) is 0 Å². The quantitative estimate of drug-likeness (QED) is 0.871. The third-order valence-electron chi connectivity index (χ3n) is 2.29. The number of benzene rings is 1. The minimum absolute atomic E-state index is 0.133. The van der Waals surface area contributed by atoms with Gasteiger partial charge in [0.05, 0.1) is 16.1 Å². The van der Waals surface area contributed by atoms with E-state index < -0.39 is 0 Å². The average Bonchev–Trinajstić information content (AvgIpc) is 2.71. The normalized spacial score (nSPS) is 12.8. The zero-order valence-electron chi connectivity index (χ0n) is 8.71. The molecule has 84 valence electrons. The van der Waals surface area contributed by atoms with Gasteiger partial charge in [-0.2, -0.15) is 0 Å². The summed E-state index contributed by atoms with van der Waals surface area (Å²) < 4.78 is 5.60. The lowest BCUT2D eigenvalue weighted by Gasteiger charge is -2.03. The molecule has 2 nitrogen and oxygen atoms in total. The van der Waals surface area contributed by atoms with E-state index in [0.717, 1.165) is 11.3 Å². The van der Waals surface area contributed by atoms with Crippen molar-refractivity contribution in [1.82, 2.24) is 0 Å². The molecule has 16 heavy (non-hydrogen) atoms. The number of nitrogens with two attached hydrogens (primary N) is 1. The Bertz CT molecular complexity index is 505. The van der Waals surface area contributed by atoms with Gasteiger partial charge in [-0.05, 0) is 31.2 Å². The van der Waals surface area contributed by atoms with E-state index in [1.54, 1.807) is 6.07 Å². The Kier molecular flexibility index (Phi) is 3.24. The van der Waals surface area contributed by atoms with Crippen molar-refractivity contribution in [1.29, 1.82) is 0 Å². The molecule has 4 heteroatoms. The Labute approximate surface area is 104 Å². The van der Waals surface area contributed by atoms with Gasteiger partial charge in [-0.1, -0.05) is 29.3 Å². The van der Waals surface area contributed by atoms with Crippen LogP contribution >= 0.6 is 23.2 Å². The summed E-state index contributed by atoms with van der Waals surface area (Å²) in [4.78, 5) is 0. The Morgan fingerprint density at radius 3 is 2.56 bits per heavy atom. The second kappa shape index (κ2) is 4.50. The third-order valence-corrected chi connectivity index (χ3v) is 3.11. The highest BCUT2D eigenvalue weighted by Crippen LogP contribution is 2.34. The van der Waals surface area contributed by atoms with Crippen molar-refractivity contribution in [3.05, 3.63) is 46.1 Å². The number of hydrogen-bond donors (Lipinski definition) is 1. The van der Waals surface area contributed by atoms with Crippen LogP contribution in [-0.2, 0) is 0 Å². The van der Waals surface area contributed by atoms with Crippen LogP contribution < -0.4 is 5.73 Å². The fraction of sp³-hybridized carbons (Fsp3) is 0.167. The van der Waals surface area contributed by atoms with Crippen molar-refractivity contribution in [3.8, 4) is 11.3 Å². The average molecular weight is 256 g/mol. The summed E-state index contributed by atoms with van der Waals surface area (Å²) in [6.45, 7) is 1.86. The molecule has 0 saturated carbocycles. The second-order valence-electron chi connectivity index (χ2n) is 3.59. The monoisotopic (exact) mass is 255 g/mol. The second-order valence-corrected chi connectivity index (χ2v) is 4.38. The molecule has 1 atom stereocenters. The molecule has 0 radical (unpaired) electrons. The maximum absolute atomic E-state index is 6.09. The van der Waals surface area contributed by atoms with Crippen LogP contribution in [0, 0.1) is 0 Å². The fourth-order valence-corrected chi connectivity index (χ4v) is 1.83. The van der Waals surface area contributed by atoms with Gasteiger partial charge in [0.1, 0.15) is 11.5 Å². The maximum Gasteiger partial charge on any atom is 0.135 e. The van der Waals surface area contributed by atoms with Crippen LogP contribution in [0.2, 0.25) is 10.0 Å². The molecule has 1 unspecified atom stereocenters. The molecule has 0 saturated heterocycles. The molecule has 0 spiro atoms. The number of rotatable bonds is 2. The Morgan fingerprint density at radius 2 is 1.94 bits per heavy atom. The standard InChI is InChI=1S/C12H11Cl2NO/c1-7(15)10-5-6-11(16-10)8-3-2-4-9(13)12(8)14/h2-7H,15H2,1H3. The van der Waals surface area contributed by atoms with E-state index in [4.69, 9.17) is 33.4 Å². The largest absolute Gasteiger partial charge is 0.459 e. The molecular weight excluding hydrogens is 245 g/mol. The van der Waals surface area contributed by atoms with Crippen LogP contribution in [0.5, 0.6) is 0 Å². The summed E-state index contributed by atoms with van der Waals surface area (Å²) in [6, 6.07) is 8.98. The van der Waals surface area contributed by atoms with Gasteiger partial charge in [-0.25, -0.2) is 0 Å². The minimum Gasteiger partial charge on any atom is -0.459 e. The highest BCUT2D eigenvalue weighted by atomic mass is 35.5. The van der Waals surface area contributed by atoms with Crippen molar-refractivity contribution < 1.29 is 4.42 Å². The molecule has 1 aromatic carbocycles. The van der Waals surface area contributed by atoms with Crippen LogP contribution in [0.4, 0.5) is 0 Å². The van der Waals surface area contributed by atoms with Gasteiger partial charge >= 0.3 is 0 Å². The summed E-state index contributed by atoms with van der Waals surface area (Å²) in [6.07, 6.45) is 0. The zero-order chi connectivity index (χ0) is 11.7. The van der Waals surface area contributed by atoms with Crippen LogP contribution in [-0.4, -0.2) is 0 Å². The summed E-state index contributed by atoms with van der Waals surface area (Å²) in [5, 5.41) is 1.01. The van der Waals surface area contributed by atoms with E-state index in [-0.39, 0.29) is 6.04 Å². The predicted octanol–water partition coefficient (Wildman–Crippen LogP) is 4.27. The fourth-order valence-electron chi connectivity index (χ4n) is 1.44. The Morgan fingerprint density at radius 1 is 1.19 bits per heavy atom. The maximum atomic E-state index is 6.09. The number of halogens is 2. The molecule has 0 bridgehead atoms. The van der Waals surface area contributed by atoms with Gasteiger partial charge in [0.15, 0.2) is 0 Å². The lowest BCUT2D eigenvalue weighted by atomic mass is 10.2. The molecule has 2 rings (SSSR count). The molecule has 2 aromatic rings. The van der Waals surface area contributed by atoms with E-state index in [0.29, 0.717) is 15.8 Å². The van der Waals surface area contributed by atoms with Crippen LogP contribution in [0.3, 0.4) is 0 Å². The van der Waals surface area contributed by atoms with Crippen molar-refractivity contribution in [2.24, 2.45) is 5.73 Å². The van der Waals surface area contributed by atoms with Gasteiger partial charge in [-0.15, -0.1) is 0 Å². The smallest absolute Gasteiger partial charge is 0.135 e. The first-order valence-electron chi connectivity index (χ1n) is 4.89. The molecule has 0 fully saturated rings. The van der Waals surface area contributed by atoms with E-state index >= 15 is 0 Å². The number of furan rings is 1.